The van der Waals surface area contributed by atoms with Crippen LogP contribution in [0.2, 0.25) is 10.0 Å². The number of aromatic amines is 1. The van der Waals surface area contributed by atoms with Crippen LogP contribution in [-0.4, -0.2) is 57.8 Å². The lowest BCUT2D eigenvalue weighted by Gasteiger charge is -2.32. The average Bonchev–Trinajstić information content (AvgIpc) is 3.61. The van der Waals surface area contributed by atoms with Crippen molar-refractivity contribution in [1.29, 1.82) is 0 Å². The molecular formula is C37H42Cl2N3O6S+. The summed E-state index contributed by atoms with van der Waals surface area (Å²) in [5.74, 6) is 0.554. The van der Waals surface area contributed by atoms with E-state index in [-0.39, 0.29) is 12.4 Å². The molecule has 1 aliphatic heterocycles. The molecule has 49 heavy (non-hydrogen) atoms. The topological polar surface area (TPSA) is 100 Å². The van der Waals surface area contributed by atoms with Gasteiger partial charge in [0.1, 0.15) is 26.6 Å². The number of esters is 2. The van der Waals surface area contributed by atoms with Crippen LogP contribution in [0.15, 0.2) is 73.1 Å². The summed E-state index contributed by atoms with van der Waals surface area (Å²) in [7, 11) is 5.21. The maximum atomic E-state index is 13.6. The number of benzene rings is 2. The summed E-state index contributed by atoms with van der Waals surface area (Å²) >= 11 is 14.3. The number of thiophene rings is 1. The third-order valence-electron chi connectivity index (χ3n) is 8.94. The van der Waals surface area contributed by atoms with Gasteiger partial charge in [0, 0.05) is 23.4 Å². The van der Waals surface area contributed by atoms with E-state index in [4.69, 9.17) is 42.1 Å². The molecule has 0 bridgehead atoms. The van der Waals surface area contributed by atoms with E-state index in [1.165, 1.54) is 11.3 Å². The van der Waals surface area contributed by atoms with Crippen LogP contribution in [0.4, 0.5) is 0 Å². The van der Waals surface area contributed by atoms with E-state index in [1.807, 2.05) is 49.4 Å². The third kappa shape index (κ3) is 9.12. The first-order chi connectivity index (χ1) is 23.6. The van der Waals surface area contributed by atoms with Crippen molar-refractivity contribution in [3.63, 3.8) is 0 Å². The summed E-state index contributed by atoms with van der Waals surface area (Å²) in [6, 6.07) is 18.5. The highest BCUT2D eigenvalue weighted by Crippen LogP contribution is 2.36. The van der Waals surface area contributed by atoms with Crippen molar-refractivity contribution in [2.24, 2.45) is 5.92 Å². The van der Waals surface area contributed by atoms with E-state index in [0.717, 1.165) is 36.4 Å². The van der Waals surface area contributed by atoms with Gasteiger partial charge in [0.25, 0.3) is 0 Å². The van der Waals surface area contributed by atoms with Crippen LogP contribution in [0, 0.1) is 5.92 Å². The van der Waals surface area contributed by atoms with Gasteiger partial charge in [-0.15, -0.1) is 11.3 Å². The molecule has 1 aliphatic rings. The molecule has 1 saturated heterocycles. The maximum absolute atomic E-state index is 13.6. The van der Waals surface area contributed by atoms with Crippen LogP contribution < -0.4 is 19.8 Å². The number of carbonyl (C=O) groups excluding carboxylic acids is 2. The molecule has 2 N–H and O–H groups in total. The first-order valence-corrected chi connectivity index (χ1v) is 17.7. The Balaban J connectivity index is 1.31. The smallest absolute Gasteiger partial charge is 0.348 e. The number of hydrogen-bond acceptors (Lipinski definition) is 9. The Labute approximate surface area is 301 Å². The molecule has 2 aromatic carbocycles. The van der Waals surface area contributed by atoms with E-state index in [2.05, 4.69) is 22.2 Å². The van der Waals surface area contributed by atoms with Crippen molar-refractivity contribution in [2.75, 3.05) is 41.0 Å². The number of likely N-dealkylation sites (tertiary alicyclic amines) is 1. The lowest BCUT2D eigenvalue weighted by molar-refractivity contribution is -0.377. The first kappa shape index (κ1) is 36.6. The van der Waals surface area contributed by atoms with Gasteiger partial charge in [-0.05, 0) is 81.2 Å². The molecule has 0 aliphatic carbocycles. The molecule has 5 rings (SSSR count). The second-order valence-electron chi connectivity index (χ2n) is 12.3. The number of methoxy groups -OCH3 is 2. The van der Waals surface area contributed by atoms with Gasteiger partial charge < -0.3 is 23.8 Å². The van der Waals surface area contributed by atoms with E-state index < -0.39 is 17.6 Å². The number of carbonyl (C=O) groups is 2. The molecule has 3 heterocycles. The fourth-order valence-electron chi connectivity index (χ4n) is 5.80. The number of aromatic nitrogens is 1. The van der Waals surface area contributed by atoms with Gasteiger partial charge in [0.15, 0.2) is 23.9 Å². The molecule has 4 aromatic rings. The highest BCUT2D eigenvalue weighted by Gasteiger charge is 2.37. The van der Waals surface area contributed by atoms with Gasteiger partial charge in [-0.2, -0.15) is 0 Å². The molecule has 2 atom stereocenters. The first-order valence-electron chi connectivity index (χ1n) is 16.1. The monoisotopic (exact) mass is 726 g/mol. The Morgan fingerprint density at radius 2 is 1.69 bits per heavy atom. The zero-order valence-corrected chi connectivity index (χ0v) is 30.4. The number of pyridine rings is 1. The fraction of sp³-hybridized carbons (Fsp3) is 0.378. The van der Waals surface area contributed by atoms with Crippen LogP contribution in [-0.2, 0) is 32.8 Å². The van der Waals surface area contributed by atoms with Crippen molar-refractivity contribution in [3.8, 4) is 11.5 Å². The SMILES string of the molecule is COc1ccc([C@H](Cc2c(Cl)c[nH+]cc2Cl)OC(=O)c2ccc(CNC(C)(C(=O)OCC3CCN(C)CC3)c3ccccc3)s2)cc1OC. The minimum atomic E-state index is -1.10. The molecule has 2 aromatic heterocycles. The molecule has 0 saturated carbocycles. The minimum absolute atomic E-state index is 0.225. The minimum Gasteiger partial charge on any atom is -0.493 e. The number of hydrogen-bond donors (Lipinski definition) is 1. The van der Waals surface area contributed by atoms with Gasteiger partial charge in [0.05, 0.1) is 20.8 Å². The molecule has 1 unspecified atom stereocenters. The quantitative estimate of drug-likeness (QED) is 0.140. The molecule has 0 amide bonds. The van der Waals surface area contributed by atoms with Crippen LogP contribution in [0.1, 0.15) is 57.1 Å². The zero-order valence-electron chi connectivity index (χ0n) is 28.1. The lowest BCUT2D eigenvalue weighted by Crippen LogP contribution is -2.47. The Hall–Kier alpha value is -3.67. The van der Waals surface area contributed by atoms with Crippen LogP contribution in [0.5, 0.6) is 11.5 Å². The van der Waals surface area contributed by atoms with Crippen LogP contribution in [0.3, 0.4) is 0 Å². The lowest BCUT2D eigenvalue weighted by atomic mass is 9.91. The summed E-state index contributed by atoms with van der Waals surface area (Å²) in [5, 5.41) is 4.27. The average molecular weight is 728 g/mol. The maximum Gasteiger partial charge on any atom is 0.348 e. The molecule has 0 spiro atoms. The largest absolute Gasteiger partial charge is 0.493 e. The number of rotatable bonds is 14. The molecule has 0 radical (unpaired) electrons. The Kier molecular flexibility index (Phi) is 12.6. The van der Waals surface area contributed by atoms with Crippen LogP contribution >= 0.6 is 34.5 Å². The number of H-pyrrole nitrogens is 1. The number of nitrogens with zero attached hydrogens (tertiary/aromatic N) is 1. The Bertz CT molecular complexity index is 1710. The summed E-state index contributed by atoms with van der Waals surface area (Å²) in [6.07, 6.45) is 4.75. The third-order valence-corrected chi connectivity index (χ3v) is 10.7. The van der Waals surface area contributed by atoms with E-state index >= 15 is 0 Å². The fourth-order valence-corrected chi connectivity index (χ4v) is 7.16. The summed E-state index contributed by atoms with van der Waals surface area (Å²) in [4.78, 5) is 33.7. The van der Waals surface area contributed by atoms with Gasteiger partial charge in [-0.3, -0.25) is 5.32 Å². The zero-order chi connectivity index (χ0) is 35.0. The van der Waals surface area contributed by atoms with E-state index in [9.17, 15) is 9.59 Å². The predicted molar refractivity (Wildman–Crippen MR) is 191 cm³/mol. The number of nitrogens with one attached hydrogen (secondary N) is 2. The van der Waals surface area contributed by atoms with Crippen molar-refractivity contribution < 1.29 is 33.5 Å². The number of piperidine rings is 1. The molecule has 9 nitrogen and oxygen atoms in total. The molecular weight excluding hydrogens is 685 g/mol. The number of halogens is 2. The van der Waals surface area contributed by atoms with Crippen molar-refractivity contribution in [2.45, 2.75) is 44.4 Å². The summed E-state index contributed by atoms with van der Waals surface area (Å²) < 4.78 is 23.0. The molecule has 1 fully saturated rings. The second-order valence-corrected chi connectivity index (χ2v) is 14.3. The highest BCUT2D eigenvalue weighted by molar-refractivity contribution is 7.13. The van der Waals surface area contributed by atoms with Crippen molar-refractivity contribution >= 4 is 46.5 Å². The Morgan fingerprint density at radius 3 is 2.37 bits per heavy atom. The Morgan fingerprint density at radius 1 is 1.00 bits per heavy atom. The van der Waals surface area contributed by atoms with Gasteiger partial charge >= 0.3 is 11.9 Å². The summed E-state index contributed by atoms with van der Waals surface area (Å²) in [6.45, 7) is 4.57. The van der Waals surface area contributed by atoms with E-state index in [1.54, 1.807) is 44.8 Å². The molecule has 260 valence electrons. The van der Waals surface area contributed by atoms with Gasteiger partial charge in [0.2, 0.25) is 0 Å². The van der Waals surface area contributed by atoms with Gasteiger partial charge in [-0.25, -0.2) is 14.6 Å². The standard InChI is InChI=1S/C37H41Cl2N3O6S/c1-37(26-8-6-5-7-9-26,36(44)47-23-24-14-16-42(2)17-15-24)41-20-27-11-13-34(49-27)35(43)48-32(19-28-29(38)21-40-22-30(28)39)25-10-12-31(45-3)33(18-25)46-4/h5-13,18,21-22,24,32,41H,14-17,19-20,23H2,1-4H3/p+1/t32-,37?/m0/s1. The normalized spacial score (nSPS) is 15.6. The van der Waals surface area contributed by atoms with E-state index in [0.29, 0.717) is 56.6 Å². The second kappa shape index (κ2) is 16.8. The van der Waals surface area contributed by atoms with Crippen LogP contribution in [0.25, 0.3) is 0 Å². The number of ether oxygens (including phenoxy) is 4. The highest BCUT2D eigenvalue weighted by atomic mass is 35.5. The van der Waals surface area contributed by atoms with Crippen molar-refractivity contribution in [1.82, 2.24) is 10.2 Å². The predicted octanol–water partition coefficient (Wildman–Crippen LogP) is 6.92. The molecule has 12 heteroatoms. The van der Waals surface area contributed by atoms with Crippen molar-refractivity contribution in [3.05, 3.63) is 110 Å². The van der Waals surface area contributed by atoms with Gasteiger partial charge in [-0.1, -0.05) is 59.6 Å². The summed E-state index contributed by atoms with van der Waals surface area (Å²) in [5.41, 5.74) is 1.02.